The number of hydrogen-bond acceptors (Lipinski definition) is 3. The predicted octanol–water partition coefficient (Wildman–Crippen LogP) is 3.60. The van der Waals surface area contributed by atoms with Gasteiger partial charge in [0.05, 0.1) is 0 Å². The Hall–Kier alpha value is -1.87. The number of ketones is 2. The van der Waals surface area contributed by atoms with Gasteiger partial charge in [-0.3, -0.25) is 9.59 Å². The van der Waals surface area contributed by atoms with Gasteiger partial charge in [0, 0.05) is 33.8 Å². The van der Waals surface area contributed by atoms with E-state index in [0.717, 1.165) is 10.6 Å². The Labute approximate surface area is 115 Å². The summed E-state index contributed by atoms with van der Waals surface area (Å²) in [6.07, 6.45) is 0.556. The predicted molar refractivity (Wildman–Crippen MR) is 76.0 cm³/mol. The first-order chi connectivity index (χ1) is 9.27. The summed E-state index contributed by atoms with van der Waals surface area (Å²) >= 11 is 1.60. The Morgan fingerprint density at radius 3 is 2.58 bits per heavy atom. The van der Waals surface area contributed by atoms with Crippen molar-refractivity contribution in [3.8, 4) is 0 Å². The highest BCUT2D eigenvalue weighted by atomic mass is 32.2. The van der Waals surface area contributed by atoms with E-state index < -0.39 is 0 Å². The van der Waals surface area contributed by atoms with Crippen molar-refractivity contribution >= 4 is 23.3 Å². The third-order valence-electron chi connectivity index (χ3n) is 3.17. The quantitative estimate of drug-likeness (QED) is 0.780. The van der Waals surface area contributed by atoms with Crippen LogP contribution in [0.25, 0.3) is 0 Å². The molecule has 0 bridgehead atoms. The third-order valence-corrected chi connectivity index (χ3v) is 4.31. The van der Waals surface area contributed by atoms with E-state index in [4.69, 9.17) is 0 Å². The summed E-state index contributed by atoms with van der Waals surface area (Å²) in [6.45, 7) is 0. The molecule has 0 saturated carbocycles. The zero-order valence-corrected chi connectivity index (χ0v) is 11.1. The molecule has 0 N–H and O–H groups in total. The first-order valence-corrected chi connectivity index (χ1v) is 7.14. The van der Waals surface area contributed by atoms with Crippen molar-refractivity contribution in [1.82, 2.24) is 0 Å². The zero-order chi connectivity index (χ0) is 13.2. The first kappa shape index (κ1) is 12.2. The van der Waals surface area contributed by atoms with Crippen molar-refractivity contribution in [2.24, 2.45) is 0 Å². The molecule has 19 heavy (non-hydrogen) atoms. The summed E-state index contributed by atoms with van der Waals surface area (Å²) in [6, 6.07) is 14.6. The molecule has 1 aliphatic heterocycles. The molecular formula is C16H12O2S. The van der Waals surface area contributed by atoms with Crippen LogP contribution in [0.15, 0.2) is 53.4 Å². The van der Waals surface area contributed by atoms with E-state index in [9.17, 15) is 9.59 Å². The maximum atomic E-state index is 12.5. The molecule has 0 spiro atoms. The number of rotatable bonds is 2. The van der Waals surface area contributed by atoms with Crippen molar-refractivity contribution in [2.75, 3.05) is 5.75 Å². The molecule has 3 rings (SSSR count). The Balaban J connectivity index is 2.09. The van der Waals surface area contributed by atoms with Crippen LogP contribution in [0.3, 0.4) is 0 Å². The molecule has 0 amide bonds. The fourth-order valence-corrected chi connectivity index (χ4v) is 3.36. The Bertz CT molecular complexity index is 647. The molecule has 0 fully saturated rings. The minimum Gasteiger partial charge on any atom is -0.294 e. The normalized spacial score (nSPS) is 14.0. The van der Waals surface area contributed by atoms with Gasteiger partial charge in [0.25, 0.3) is 0 Å². The van der Waals surface area contributed by atoms with Crippen LogP contribution in [-0.4, -0.2) is 17.3 Å². The highest BCUT2D eigenvalue weighted by Gasteiger charge is 2.23. The average molecular weight is 268 g/mol. The van der Waals surface area contributed by atoms with Crippen LogP contribution in [0.4, 0.5) is 0 Å². The molecule has 2 aromatic carbocycles. The SMILES string of the molecule is O=C1CCSc2c1cccc2C(=O)c1ccccc1. The van der Waals surface area contributed by atoms with Crippen molar-refractivity contribution in [3.63, 3.8) is 0 Å². The van der Waals surface area contributed by atoms with E-state index in [1.807, 2.05) is 24.3 Å². The molecule has 1 aliphatic rings. The van der Waals surface area contributed by atoms with Gasteiger partial charge in [-0.25, -0.2) is 0 Å². The molecule has 3 heteroatoms. The van der Waals surface area contributed by atoms with Crippen LogP contribution in [0.1, 0.15) is 32.7 Å². The molecule has 0 radical (unpaired) electrons. The highest BCUT2D eigenvalue weighted by molar-refractivity contribution is 7.99. The number of benzene rings is 2. The van der Waals surface area contributed by atoms with E-state index in [0.29, 0.717) is 23.1 Å². The lowest BCUT2D eigenvalue weighted by molar-refractivity contribution is 0.0984. The van der Waals surface area contributed by atoms with E-state index in [1.54, 1.807) is 36.0 Å². The van der Waals surface area contributed by atoms with Crippen LogP contribution in [0, 0.1) is 0 Å². The summed E-state index contributed by atoms with van der Waals surface area (Å²) in [5.74, 6) is 0.876. The minimum absolute atomic E-state index is 0.0142. The molecule has 0 saturated heterocycles. The Morgan fingerprint density at radius 1 is 1.00 bits per heavy atom. The van der Waals surface area contributed by atoms with Gasteiger partial charge in [0.2, 0.25) is 0 Å². The minimum atomic E-state index is -0.0142. The molecule has 94 valence electrons. The monoisotopic (exact) mass is 268 g/mol. The van der Waals surface area contributed by atoms with Crippen LogP contribution in [0.2, 0.25) is 0 Å². The lowest BCUT2D eigenvalue weighted by Crippen LogP contribution is -2.12. The van der Waals surface area contributed by atoms with Crippen molar-refractivity contribution in [2.45, 2.75) is 11.3 Å². The van der Waals surface area contributed by atoms with E-state index in [2.05, 4.69) is 0 Å². The standard InChI is InChI=1S/C16H12O2S/c17-14-9-10-19-16-12(14)7-4-8-13(16)15(18)11-5-2-1-3-6-11/h1-8H,9-10H2. The molecule has 2 aromatic rings. The summed E-state index contributed by atoms with van der Waals surface area (Å²) in [5, 5.41) is 0. The lowest BCUT2D eigenvalue weighted by Gasteiger charge is -2.17. The first-order valence-electron chi connectivity index (χ1n) is 6.16. The molecule has 0 aliphatic carbocycles. The second-order valence-corrected chi connectivity index (χ2v) is 5.50. The van der Waals surface area contributed by atoms with Crippen molar-refractivity contribution in [1.29, 1.82) is 0 Å². The average Bonchev–Trinajstić information content (AvgIpc) is 2.47. The fraction of sp³-hybridized carbons (Fsp3) is 0.125. The number of hydrogen-bond donors (Lipinski definition) is 0. The zero-order valence-electron chi connectivity index (χ0n) is 10.3. The van der Waals surface area contributed by atoms with E-state index in [-0.39, 0.29) is 11.6 Å². The largest absolute Gasteiger partial charge is 0.294 e. The summed E-state index contributed by atoms with van der Waals surface area (Å²) in [4.78, 5) is 25.2. The summed E-state index contributed by atoms with van der Waals surface area (Å²) in [7, 11) is 0. The number of fused-ring (bicyclic) bond motifs is 1. The topological polar surface area (TPSA) is 34.1 Å². The smallest absolute Gasteiger partial charge is 0.194 e. The van der Waals surface area contributed by atoms with Crippen LogP contribution >= 0.6 is 11.8 Å². The molecule has 1 heterocycles. The Kier molecular flexibility index (Phi) is 3.22. The van der Waals surface area contributed by atoms with E-state index >= 15 is 0 Å². The lowest BCUT2D eigenvalue weighted by atomic mass is 9.99. The van der Waals surface area contributed by atoms with Crippen LogP contribution in [-0.2, 0) is 0 Å². The van der Waals surface area contributed by atoms with Gasteiger partial charge in [-0.15, -0.1) is 11.8 Å². The number of carbonyl (C=O) groups is 2. The van der Waals surface area contributed by atoms with Gasteiger partial charge in [-0.2, -0.15) is 0 Å². The van der Waals surface area contributed by atoms with Gasteiger partial charge in [0.1, 0.15) is 0 Å². The van der Waals surface area contributed by atoms with Crippen molar-refractivity contribution in [3.05, 3.63) is 65.2 Å². The van der Waals surface area contributed by atoms with Crippen molar-refractivity contribution < 1.29 is 9.59 Å². The maximum absolute atomic E-state index is 12.5. The number of Topliss-reactive ketones (excluding diaryl/α,β-unsaturated/α-hetero) is 1. The van der Waals surface area contributed by atoms with Crippen LogP contribution < -0.4 is 0 Å². The van der Waals surface area contributed by atoms with Gasteiger partial charge < -0.3 is 0 Å². The molecule has 0 atom stereocenters. The maximum Gasteiger partial charge on any atom is 0.194 e. The highest BCUT2D eigenvalue weighted by Crippen LogP contribution is 2.34. The molecule has 2 nitrogen and oxygen atoms in total. The Morgan fingerprint density at radius 2 is 1.79 bits per heavy atom. The molecule has 0 aromatic heterocycles. The molecular weight excluding hydrogens is 256 g/mol. The second-order valence-electron chi connectivity index (χ2n) is 4.40. The van der Waals surface area contributed by atoms with Gasteiger partial charge in [-0.05, 0) is 6.07 Å². The second kappa shape index (κ2) is 5.02. The summed E-state index contributed by atoms with van der Waals surface area (Å²) < 4.78 is 0. The van der Waals surface area contributed by atoms with E-state index in [1.165, 1.54) is 0 Å². The molecule has 0 unspecified atom stereocenters. The van der Waals surface area contributed by atoms with Crippen LogP contribution in [0.5, 0.6) is 0 Å². The third kappa shape index (κ3) is 2.22. The van der Waals surface area contributed by atoms with Gasteiger partial charge in [0.15, 0.2) is 11.6 Å². The fourth-order valence-electron chi connectivity index (χ4n) is 2.22. The summed E-state index contributed by atoms with van der Waals surface area (Å²) in [5.41, 5.74) is 1.99. The van der Waals surface area contributed by atoms with Gasteiger partial charge >= 0.3 is 0 Å². The number of thioether (sulfide) groups is 1. The number of carbonyl (C=O) groups excluding carboxylic acids is 2. The van der Waals surface area contributed by atoms with Gasteiger partial charge in [-0.1, -0.05) is 42.5 Å².